The predicted octanol–water partition coefficient (Wildman–Crippen LogP) is 2.23. The van der Waals surface area contributed by atoms with Gasteiger partial charge in [-0.25, -0.2) is 0 Å². The molecule has 0 aliphatic heterocycles. The van der Waals surface area contributed by atoms with Crippen LogP contribution in [0.1, 0.15) is 34.5 Å². The second-order valence-electron chi connectivity index (χ2n) is 5.20. The summed E-state index contributed by atoms with van der Waals surface area (Å²) in [6.07, 6.45) is 4.01. The van der Waals surface area contributed by atoms with Gasteiger partial charge in [0.2, 0.25) is 0 Å². The lowest BCUT2D eigenvalue weighted by Gasteiger charge is -2.34. The fourth-order valence-corrected chi connectivity index (χ4v) is 2.80. The normalized spacial score (nSPS) is 21.2. The molecule has 0 fully saturated rings. The van der Waals surface area contributed by atoms with Crippen LogP contribution in [0, 0.1) is 0 Å². The van der Waals surface area contributed by atoms with E-state index in [1.807, 2.05) is 24.3 Å². The molecule has 104 valence electrons. The highest BCUT2D eigenvalue weighted by Gasteiger charge is 2.34. The Bertz CT molecular complexity index is 606. The zero-order chi connectivity index (χ0) is 14.0. The minimum Gasteiger partial charge on any atom is -0.459 e. The highest BCUT2D eigenvalue weighted by molar-refractivity contribution is 5.91. The van der Waals surface area contributed by atoms with Crippen LogP contribution in [0.2, 0.25) is 0 Å². The summed E-state index contributed by atoms with van der Waals surface area (Å²) >= 11 is 0. The number of aliphatic hydroxyl groups is 1. The number of carbonyl (C=O) groups excluding carboxylic acids is 1. The second-order valence-corrected chi connectivity index (χ2v) is 5.20. The largest absolute Gasteiger partial charge is 0.459 e. The molecular formula is C16H17NO3. The number of amides is 1. The molecular weight excluding hydrogens is 254 g/mol. The molecule has 4 nitrogen and oxygen atoms in total. The Labute approximate surface area is 117 Å². The molecule has 1 atom stereocenters. The van der Waals surface area contributed by atoms with Gasteiger partial charge in [-0.15, -0.1) is 0 Å². The molecule has 1 amide bonds. The first-order chi connectivity index (χ1) is 9.69. The van der Waals surface area contributed by atoms with E-state index in [0.29, 0.717) is 6.42 Å². The maximum atomic E-state index is 11.9. The monoisotopic (exact) mass is 271 g/mol. The Morgan fingerprint density at radius 2 is 2.15 bits per heavy atom. The van der Waals surface area contributed by atoms with Gasteiger partial charge in [0.15, 0.2) is 5.76 Å². The number of hydrogen-bond donors (Lipinski definition) is 2. The minimum atomic E-state index is -0.989. The summed E-state index contributed by atoms with van der Waals surface area (Å²) in [5.74, 6) is -0.0378. The number of fused-ring (bicyclic) bond motifs is 1. The number of furan rings is 1. The molecule has 20 heavy (non-hydrogen) atoms. The molecule has 1 aliphatic carbocycles. The molecule has 0 spiro atoms. The average molecular weight is 271 g/mol. The van der Waals surface area contributed by atoms with Gasteiger partial charge in [-0.1, -0.05) is 24.3 Å². The second kappa shape index (κ2) is 5.13. The molecule has 3 rings (SSSR count). The zero-order valence-electron chi connectivity index (χ0n) is 11.1. The molecule has 1 aromatic carbocycles. The van der Waals surface area contributed by atoms with E-state index < -0.39 is 5.60 Å². The lowest BCUT2D eigenvalue weighted by Crippen LogP contribution is -2.42. The first-order valence-electron chi connectivity index (χ1n) is 6.81. The topological polar surface area (TPSA) is 62.5 Å². The van der Waals surface area contributed by atoms with Gasteiger partial charge in [0.05, 0.1) is 12.8 Å². The van der Waals surface area contributed by atoms with Crippen LogP contribution in [0.3, 0.4) is 0 Å². The predicted molar refractivity (Wildman–Crippen MR) is 74.3 cm³/mol. The molecule has 0 unspecified atom stereocenters. The molecule has 1 heterocycles. The zero-order valence-corrected chi connectivity index (χ0v) is 11.1. The number of benzene rings is 1. The Morgan fingerprint density at radius 1 is 1.30 bits per heavy atom. The van der Waals surface area contributed by atoms with E-state index in [2.05, 4.69) is 5.32 Å². The van der Waals surface area contributed by atoms with Crippen molar-refractivity contribution in [1.29, 1.82) is 0 Å². The lowest BCUT2D eigenvalue weighted by molar-refractivity contribution is 0.0186. The van der Waals surface area contributed by atoms with E-state index in [4.69, 9.17) is 4.42 Å². The summed E-state index contributed by atoms with van der Waals surface area (Å²) < 4.78 is 5.04. The van der Waals surface area contributed by atoms with Gasteiger partial charge in [0.1, 0.15) is 5.60 Å². The number of rotatable bonds is 3. The van der Waals surface area contributed by atoms with E-state index >= 15 is 0 Å². The smallest absolute Gasteiger partial charge is 0.287 e. The Balaban J connectivity index is 1.76. The van der Waals surface area contributed by atoms with Crippen molar-refractivity contribution in [2.75, 3.05) is 6.54 Å². The standard InChI is InChI=1S/C16H17NO3/c18-15(14-8-4-10-20-14)17-11-16(19)9-3-6-12-5-1-2-7-13(12)16/h1-2,4-5,7-8,10,19H,3,6,9,11H2,(H,17,18)/t16-/m1/s1. The highest BCUT2D eigenvalue weighted by Crippen LogP contribution is 2.34. The van der Waals surface area contributed by atoms with Crippen molar-refractivity contribution in [3.8, 4) is 0 Å². The number of aryl methyl sites for hydroxylation is 1. The van der Waals surface area contributed by atoms with Gasteiger partial charge in [0, 0.05) is 0 Å². The van der Waals surface area contributed by atoms with Crippen molar-refractivity contribution >= 4 is 5.91 Å². The van der Waals surface area contributed by atoms with Crippen LogP contribution in [-0.4, -0.2) is 17.6 Å². The number of carbonyl (C=O) groups is 1. The molecule has 0 bridgehead atoms. The van der Waals surface area contributed by atoms with Crippen molar-refractivity contribution in [1.82, 2.24) is 5.32 Å². The molecule has 0 saturated heterocycles. The van der Waals surface area contributed by atoms with Crippen LogP contribution >= 0.6 is 0 Å². The molecule has 0 saturated carbocycles. The molecule has 2 aromatic rings. The van der Waals surface area contributed by atoms with E-state index in [0.717, 1.165) is 24.0 Å². The van der Waals surface area contributed by atoms with Crippen LogP contribution in [0.25, 0.3) is 0 Å². The van der Waals surface area contributed by atoms with Crippen LogP contribution in [0.4, 0.5) is 0 Å². The molecule has 1 aromatic heterocycles. The SMILES string of the molecule is O=C(NC[C@]1(O)CCCc2ccccc21)c1ccco1. The summed E-state index contributed by atoms with van der Waals surface area (Å²) in [6, 6.07) is 11.1. The summed E-state index contributed by atoms with van der Waals surface area (Å²) in [5.41, 5.74) is 1.09. The molecule has 4 heteroatoms. The Hall–Kier alpha value is -2.07. The highest BCUT2D eigenvalue weighted by atomic mass is 16.3. The van der Waals surface area contributed by atoms with E-state index in [1.54, 1.807) is 12.1 Å². The van der Waals surface area contributed by atoms with Crippen molar-refractivity contribution in [2.45, 2.75) is 24.9 Å². The third-order valence-corrected chi connectivity index (χ3v) is 3.84. The van der Waals surface area contributed by atoms with Gasteiger partial charge < -0.3 is 14.8 Å². The fraction of sp³-hybridized carbons (Fsp3) is 0.312. The third-order valence-electron chi connectivity index (χ3n) is 3.84. The van der Waals surface area contributed by atoms with Crippen LogP contribution < -0.4 is 5.32 Å². The molecule has 1 aliphatic rings. The average Bonchev–Trinajstić information content (AvgIpc) is 3.00. The Morgan fingerprint density at radius 3 is 2.95 bits per heavy atom. The van der Waals surface area contributed by atoms with E-state index in [1.165, 1.54) is 6.26 Å². The van der Waals surface area contributed by atoms with E-state index in [-0.39, 0.29) is 18.2 Å². The maximum Gasteiger partial charge on any atom is 0.287 e. The van der Waals surface area contributed by atoms with Gasteiger partial charge in [0.25, 0.3) is 5.91 Å². The third kappa shape index (κ3) is 2.34. The summed E-state index contributed by atoms with van der Waals surface area (Å²) in [5, 5.41) is 13.6. The molecule has 2 N–H and O–H groups in total. The quantitative estimate of drug-likeness (QED) is 0.900. The summed E-state index contributed by atoms with van der Waals surface area (Å²) in [4.78, 5) is 11.9. The van der Waals surface area contributed by atoms with Gasteiger partial charge >= 0.3 is 0 Å². The van der Waals surface area contributed by atoms with Crippen molar-refractivity contribution in [3.05, 3.63) is 59.5 Å². The lowest BCUT2D eigenvalue weighted by atomic mass is 9.79. The summed E-state index contributed by atoms with van der Waals surface area (Å²) in [7, 11) is 0. The molecule has 0 radical (unpaired) electrons. The van der Waals surface area contributed by atoms with Gasteiger partial charge in [-0.2, -0.15) is 0 Å². The number of hydrogen-bond acceptors (Lipinski definition) is 3. The maximum absolute atomic E-state index is 11.9. The first-order valence-corrected chi connectivity index (χ1v) is 6.81. The summed E-state index contributed by atoms with van der Waals surface area (Å²) in [6.45, 7) is 0.198. The fourth-order valence-electron chi connectivity index (χ4n) is 2.80. The van der Waals surface area contributed by atoms with Crippen LogP contribution in [-0.2, 0) is 12.0 Å². The van der Waals surface area contributed by atoms with Crippen LogP contribution in [0.5, 0.6) is 0 Å². The van der Waals surface area contributed by atoms with Crippen molar-refractivity contribution in [3.63, 3.8) is 0 Å². The van der Waals surface area contributed by atoms with Gasteiger partial charge in [-0.3, -0.25) is 4.79 Å². The first kappa shape index (κ1) is 12.9. The minimum absolute atomic E-state index is 0.198. The van der Waals surface area contributed by atoms with Crippen molar-refractivity contribution < 1.29 is 14.3 Å². The number of nitrogens with one attached hydrogen (secondary N) is 1. The van der Waals surface area contributed by atoms with E-state index in [9.17, 15) is 9.90 Å². The Kier molecular flexibility index (Phi) is 3.32. The van der Waals surface area contributed by atoms with Gasteiger partial charge in [-0.05, 0) is 42.5 Å². The van der Waals surface area contributed by atoms with Crippen LogP contribution in [0.15, 0.2) is 47.1 Å². The van der Waals surface area contributed by atoms with Crippen molar-refractivity contribution in [2.24, 2.45) is 0 Å².